The Balaban J connectivity index is 2.64. The Hall–Kier alpha value is -1.35. The molecule has 0 bridgehead atoms. The zero-order valence-electron chi connectivity index (χ0n) is 9.16. The second-order valence-corrected chi connectivity index (χ2v) is 4.93. The highest BCUT2D eigenvalue weighted by molar-refractivity contribution is 9.10. The van der Waals surface area contributed by atoms with E-state index in [9.17, 15) is 0 Å². The third-order valence-electron chi connectivity index (χ3n) is 2.91. The largest absolute Gasteiger partial charge is 0.287 e. The summed E-state index contributed by atoms with van der Waals surface area (Å²) in [5.74, 6) is 0. The fourth-order valence-electron chi connectivity index (χ4n) is 2.12. The van der Waals surface area contributed by atoms with E-state index >= 15 is 0 Å². The summed E-state index contributed by atoms with van der Waals surface area (Å²) in [6, 6.07) is 8.63. The van der Waals surface area contributed by atoms with Crippen LogP contribution in [0.25, 0.3) is 16.6 Å². The van der Waals surface area contributed by atoms with Gasteiger partial charge in [-0.25, -0.2) is 4.98 Å². The number of nitrogens with zero attached hydrogens (tertiary/aromatic N) is 2. The summed E-state index contributed by atoms with van der Waals surface area (Å²) < 4.78 is 3.13. The topological polar surface area (TPSA) is 17.3 Å². The minimum atomic E-state index is 0.988. The molecular formula is C13H11BrN2. The molecule has 3 heteroatoms. The second kappa shape index (κ2) is 3.32. The van der Waals surface area contributed by atoms with Crippen LogP contribution in [0, 0.1) is 13.8 Å². The lowest BCUT2D eigenvalue weighted by molar-refractivity contribution is 1.21. The Morgan fingerprint density at radius 2 is 2.00 bits per heavy atom. The van der Waals surface area contributed by atoms with Gasteiger partial charge in [-0.2, -0.15) is 0 Å². The van der Waals surface area contributed by atoms with Crippen LogP contribution in [0.15, 0.2) is 35.1 Å². The highest BCUT2D eigenvalue weighted by Gasteiger charge is 2.07. The molecule has 0 amide bonds. The molecule has 0 saturated carbocycles. The molecule has 80 valence electrons. The van der Waals surface area contributed by atoms with Crippen LogP contribution in [-0.2, 0) is 0 Å². The Morgan fingerprint density at radius 3 is 2.81 bits per heavy atom. The number of fused-ring (bicyclic) bond motifs is 3. The van der Waals surface area contributed by atoms with Crippen molar-refractivity contribution in [2.45, 2.75) is 13.8 Å². The Bertz CT molecular complexity index is 698. The summed E-state index contributed by atoms with van der Waals surface area (Å²) in [5.41, 5.74) is 4.72. The number of hydrogen-bond donors (Lipinski definition) is 0. The minimum absolute atomic E-state index is 0.988. The number of aryl methyl sites for hydroxylation is 2. The van der Waals surface area contributed by atoms with Gasteiger partial charge < -0.3 is 0 Å². The third-order valence-corrected chi connectivity index (χ3v) is 3.47. The van der Waals surface area contributed by atoms with Crippen molar-refractivity contribution < 1.29 is 0 Å². The van der Waals surface area contributed by atoms with Gasteiger partial charge in [0, 0.05) is 5.39 Å². The number of imidazole rings is 1. The van der Waals surface area contributed by atoms with Crippen molar-refractivity contribution in [2.24, 2.45) is 0 Å². The Kier molecular flexibility index (Phi) is 2.04. The molecule has 2 nitrogen and oxygen atoms in total. The van der Waals surface area contributed by atoms with Gasteiger partial charge in [-0.05, 0) is 53.0 Å². The number of rotatable bonds is 0. The highest BCUT2D eigenvalue weighted by atomic mass is 79.9. The van der Waals surface area contributed by atoms with Crippen molar-refractivity contribution in [3.8, 4) is 0 Å². The van der Waals surface area contributed by atoms with E-state index in [-0.39, 0.29) is 0 Å². The van der Waals surface area contributed by atoms with E-state index in [2.05, 4.69) is 63.4 Å². The van der Waals surface area contributed by atoms with E-state index < -0.39 is 0 Å². The van der Waals surface area contributed by atoms with Crippen LogP contribution in [-0.4, -0.2) is 9.38 Å². The normalized spacial score (nSPS) is 11.4. The first-order valence-corrected chi connectivity index (χ1v) is 5.99. The van der Waals surface area contributed by atoms with Crippen LogP contribution in [0.2, 0.25) is 0 Å². The van der Waals surface area contributed by atoms with Gasteiger partial charge in [0.15, 0.2) is 0 Å². The molecule has 0 spiro atoms. The van der Waals surface area contributed by atoms with Crippen LogP contribution in [0.5, 0.6) is 0 Å². The number of pyridine rings is 1. The summed E-state index contributed by atoms with van der Waals surface area (Å²) in [6.45, 7) is 4.23. The molecule has 0 aliphatic heterocycles. The summed E-state index contributed by atoms with van der Waals surface area (Å²) in [4.78, 5) is 4.37. The molecule has 0 fully saturated rings. The number of aromatic nitrogens is 2. The number of benzene rings is 1. The lowest BCUT2D eigenvalue weighted by atomic mass is 10.1. The first-order valence-electron chi connectivity index (χ1n) is 5.20. The van der Waals surface area contributed by atoms with E-state index in [1.807, 2.05) is 6.20 Å². The molecule has 0 aliphatic rings. The molecule has 0 unspecified atom stereocenters. The number of halogens is 1. The lowest BCUT2D eigenvalue weighted by Gasteiger charge is -2.07. The van der Waals surface area contributed by atoms with E-state index in [0.29, 0.717) is 0 Å². The zero-order chi connectivity index (χ0) is 11.3. The van der Waals surface area contributed by atoms with E-state index in [0.717, 1.165) is 10.3 Å². The molecule has 0 N–H and O–H groups in total. The molecule has 16 heavy (non-hydrogen) atoms. The highest BCUT2D eigenvalue weighted by Crippen LogP contribution is 2.25. The van der Waals surface area contributed by atoms with Crippen molar-refractivity contribution in [1.82, 2.24) is 9.38 Å². The predicted molar refractivity (Wildman–Crippen MR) is 69.9 cm³/mol. The van der Waals surface area contributed by atoms with Crippen molar-refractivity contribution >= 4 is 32.5 Å². The van der Waals surface area contributed by atoms with Gasteiger partial charge in [0.1, 0.15) is 10.3 Å². The van der Waals surface area contributed by atoms with Crippen molar-refractivity contribution in [3.63, 3.8) is 0 Å². The Labute approximate surface area is 102 Å². The van der Waals surface area contributed by atoms with Crippen molar-refractivity contribution in [2.75, 3.05) is 0 Å². The number of hydrogen-bond acceptors (Lipinski definition) is 1. The molecular weight excluding hydrogens is 264 g/mol. The monoisotopic (exact) mass is 274 g/mol. The van der Waals surface area contributed by atoms with E-state index in [1.165, 1.54) is 22.0 Å². The van der Waals surface area contributed by atoms with Gasteiger partial charge >= 0.3 is 0 Å². The maximum Gasteiger partial charge on any atom is 0.138 e. The SMILES string of the molecule is Cc1ccc2c(C)cc3ncc(Br)n3c2c1. The molecule has 2 aromatic heterocycles. The van der Waals surface area contributed by atoms with Gasteiger partial charge in [-0.15, -0.1) is 0 Å². The predicted octanol–water partition coefficient (Wildman–Crippen LogP) is 3.87. The molecule has 1 aromatic carbocycles. The van der Waals surface area contributed by atoms with Gasteiger partial charge in [-0.3, -0.25) is 4.40 Å². The van der Waals surface area contributed by atoms with Gasteiger partial charge in [-0.1, -0.05) is 12.1 Å². The minimum Gasteiger partial charge on any atom is -0.287 e. The quantitative estimate of drug-likeness (QED) is 0.608. The molecule has 2 heterocycles. The molecule has 3 aromatic rings. The van der Waals surface area contributed by atoms with E-state index in [1.54, 1.807) is 0 Å². The van der Waals surface area contributed by atoms with Crippen molar-refractivity contribution in [1.29, 1.82) is 0 Å². The smallest absolute Gasteiger partial charge is 0.138 e. The second-order valence-electron chi connectivity index (χ2n) is 4.12. The summed E-state index contributed by atoms with van der Waals surface area (Å²) in [6.07, 6.45) is 1.84. The first-order chi connectivity index (χ1) is 7.66. The standard InChI is InChI=1S/C13H11BrN2/c1-8-3-4-10-9(2)6-13-15-7-12(14)16(13)11(10)5-8/h3-7H,1-2H3. The average molecular weight is 275 g/mol. The zero-order valence-corrected chi connectivity index (χ0v) is 10.7. The van der Waals surface area contributed by atoms with Gasteiger partial charge in [0.2, 0.25) is 0 Å². The summed E-state index contributed by atoms with van der Waals surface area (Å²) >= 11 is 3.54. The van der Waals surface area contributed by atoms with Crippen LogP contribution in [0.3, 0.4) is 0 Å². The summed E-state index contributed by atoms with van der Waals surface area (Å²) in [7, 11) is 0. The fraction of sp³-hybridized carbons (Fsp3) is 0.154. The van der Waals surface area contributed by atoms with Crippen LogP contribution in [0.4, 0.5) is 0 Å². The molecule has 3 rings (SSSR count). The van der Waals surface area contributed by atoms with Crippen molar-refractivity contribution in [3.05, 3.63) is 46.2 Å². The van der Waals surface area contributed by atoms with Crippen LogP contribution < -0.4 is 0 Å². The molecule has 0 aliphatic carbocycles. The molecule has 0 saturated heterocycles. The van der Waals surface area contributed by atoms with Gasteiger partial charge in [0.25, 0.3) is 0 Å². The van der Waals surface area contributed by atoms with Gasteiger partial charge in [0.05, 0.1) is 11.7 Å². The average Bonchev–Trinajstić information content (AvgIpc) is 2.60. The molecule has 0 atom stereocenters. The molecule has 0 radical (unpaired) electrons. The van der Waals surface area contributed by atoms with Crippen LogP contribution in [0.1, 0.15) is 11.1 Å². The van der Waals surface area contributed by atoms with Crippen LogP contribution >= 0.6 is 15.9 Å². The summed E-state index contributed by atoms with van der Waals surface area (Å²) in [5, 5.41) is 1.27. The first kappa shape index (κ1) is 9.85. The lowest BCUT2D eigenvalue weighted by Crippen LogP contribution is -1.92. The fourth-order valence-corrected chi connectivity index (χ4v) is 2.59. The third kappa shape index (κ3) is 1.28. The maximum atomic E-state index is 4.37. The Morgan fingerprint density at radius 1 is 1.19 bits per heavy atom. The van der Waals surface area contributed by atoms with E-state index in [4.69, 9.17) is 0 Å². The maximum absolute atomic E-state index is 4.37.